The van der Waals surface area contributed by atoms with Crippen LogP contribution in [0.2, 0.25) is 0 Å². The van der Waals surface area contributed by atoms with Gasteiger partial charge in [0.15, 0.2) is 5.78 Å². The summed E-state index contributed by atoms with van der Waals surface area (Å²) in [4.78, 5) is 13.1. The number of rotatable bonds is 3. The van der Waals surface area contributed by atoms with Crippen LogP contribution in [0, 0.1) is 5.92 Å². The standard InChI is InChI=1S/C22H34O2/c1-21(2,3)17-13-16(19(23)15-11-9-8-10-12-15)14-18(20(17)24-7)22(4,5)6/h13-15H,8-12H2,1-7H3. The van der Waals surface area contributed by atoms with Gasteiger partial charge in [-0.15, -0.1) is 0 Å². The molecule has 1 saturated carbocycles. The van der Waals surface area contributed by atoms with Gasteiger partial charge in [-0.3, -0.25) is 4.79 Å². The van der Waals surface area contributed by atoms with Crippen LogP contribution in [-0.4, -0.2) is 12.9 Å². The molecule has 134 valence electrons. The van der Waals surface area contributed by atoms with Gasteiger partial charge in [-0.2, -0.15) is 0 Å². The van der Waals surface area contributed by atoms with Crippen molar-refractivity contribution in [2.45, 2.75) is 84.5 Å². The van der Waals surface area contributed by atoms with E-state index in [4.69, 9.17) is 4.74 Å². The highest BCUT2D eigenvalue weighted by molar-refractivity contribution is 5.98. The number of hydrogen-bond donors (Lipinski definition) is 0. The first kappa shape index (κ1) is 19.0. The van der Waals surface area contributed by atoms with Crippen LogP contribution in [0.15, 0.2) is 12.1 Å². The van der Waals surface area contributed by atoms with E-state index in [1.54, 1.807) is 7.11 Å². The molecule has 0 bridgehead atoms. The van der Waals surface area contributed by atoms with Crippen molar-refractivity contribution >= 4 is 5.78 Å². The Hall–Kier alpha value is -1.31. The number of ether oxygens (including phenoxy) is 1. The van der Waals surface area contributed by atoms with Crippen LogP contribution >= 0.6 is 0 Å². The second kappa shape index (κ2) is 6.90. The molecule has 0 heterocycles. The first-order valence-electron chi connectivity index (χ1n) is 9.33. The number of ketones is 1. The molecular formula is C22H34O2. The molecule has 0 unspecified atom stereocenters. The molecule has 2 heteroatoms. The van der Waals surface area contributed by atoms with Gasteiger partial charge in [-0.25, -0.2) is 0 Å². The van der Waals surface area contributed by atoms with Gasteiger partial charge in [0.1, 0.15) is 5.75 Å². The molecule has 1 aliphatic carbocycles. The normalized spacial score (nSPS) is 17.0. The molecular weight excluding hydrogens is 296 g/mol. The van der Waals surface area contributed by atoms with E-state index in [9.17, 15) is 4.79 Å². The summed E-state index contributed by atoms with van der Waals surface area (Å²) in [6.07, 6.45) is 5.73. The van der Waals surface area contributed by atoms with E-state index in [2.05, 4.69) is 53.7 Å². The van der Waals surface area contributed by atoms with Crippen LogP contribution in [0.5, 0.6) is 5.75 Å². The highest BCUT2D eigenvalue weighted by Crippen LogP contribution is 2.41. The zero-order chi connectivity index (χ0) is 18.1. The smallest absolute Gasteiger partial charge is 0.165 e. The van der Waals surface area contributed by atoms with Crippen molar-refractivity contribution in [3.8, 4) is 5.75 Å². The maximum atomic E-state index is 13.1. The molecule has 0 aliphatic heterocycles. The Balaban J connectivity index is 2.58. The minimum Gasteiger partial charge on any atom is -0.496 e. The Morgan fingerprint density at radius 3 is 1.75 bits per heavy atom. The zero-order valence-electron chi connectivity index (χ0n) is 16.6. The molecule has 0 amide bonds. The predicted molar refractivity (Wildman–Crippen MR) is 101 cm³/mol. The maximum Gasteiger partial charge on any atom is 0.165 e. The molecule has 1 aliphatic rings. The second-order valence-corrected chi connectivity index (χ2v) is 9.30. The topological polar surface area (TPSA) is 26.3 Å². The van der Waals surface area contributed by atoms with Crippen LogP contribution in [-0.2, 0) is 10.8 Å². The second-order valence-electron chi connectivity index (χ2n) is 9.30. The van der Waals surface area contributed by atoms with E-state index in [1.165, 1.54) is 19.3 Å². The molecule has 2 rings (SSSR count). The minimum absolute atomic E-state index is 0.0613. The summed E-state index contributed by atoms with van der Waals surface area (Å²) in [5.74, 6) is 1.47. The highest BCUT2D eigenvalue weighted by Gasteiger charge is 2.30. The van der Waals surface area contributed by atoms with Crippen molar-refractivity contribution in [2.24, 2.45) is 5.92 Å². The number of methoxy groups -OCH3 is 1. The van der Waals surface area contributed by atoms with E-state index < -0.39 is 0 Å². The lowest BCUT2D eigenvalue weighted by Gasteiger charge is -2.30. The third-order valence-electron chi connectivity index (χ3n) is 5.17. The fourth-order valence-corrected chi connectivity index (χ4v) is 3.71. The predicted octanol–water partition coefficient (Wildman–Crippen LogP) is 6.05. The third kappa shape index (κ3) is 4.02. The molecule has 24 heavy (non-hydrogen) atoms. The number of carbonyl (C=O) groups excluding carboxylic acids is 1. The van der Waals surface area contributed by atoms with E-state index in [0.717, 1.165) is 35.3 Å². The summed E-state index contributed by atoms with van der Waals surface area (Å²) in [6.45, 7) is 13.1. The van der Waals surface area contributed by atoms with Crippen molar-refractivity contribution in [2.75, 3.05) is 7.11 Å². The number of benzene rings is 1. The van der Waals surface area contributed by atoms with Crippen molar-refractivity contribution in [1.29, 1.82) is 0 Å². The molecule has 1 aromatic carbocycles. The van der Waals surface area contributed by atoms with Gasteiger partial charge in [-0.1, -0.05) is 60.8 Å². The number of hydrogen-bond acceptors (Lipinski definition) is 2. The number of carbonyl (C=O) groups is 1. The lowest BCUT2D eigenvalue weighted by atomic mass is 9.76. The lowest BCUT2D eigenvalue weighted by molar-refractivity contribution is 0.0889. The average Bonchev–Trinajstić information content (AvgIpc) is 2.52. The molecule has 0 N–H and O–H groups in total. The largest absolute Gasteiger partial charge is 0.496 e. The fourth-order valence-electron chi connectivity index (χ4n) is 3.71. The van der Waals surface area contributed by atoms with E-state index >= 15 is 0 Å². The van der Waals surface area contributed by atoms with E-state index in [-0.39, 0.29) is 16.7 Å². The summed E-state index contributed by atoms with van der Waals surface area (Å²) in [5.41, 5.74) is 3.02. The Bertz CT molecular complexity index is 558. The monoisotopic (exact) mass is 330 g/mol. The van der Waals surface area contributed by atoms with Gasteiger partial charge in [0.2, 0.25) is 0 Å². The quantitative estimate of drug-likeness (QED) is 0.630. The summed E-state index contributed by atoms with van der Waals surface area (Å²) in [5, 5.41) is 0. The average molecular weight is 331 g/mol. The Morgan fingerprint density at radius 2 is 1.38 bits per heavy atom. The van der Waals surface area contributed by atoms with Crippen molar-refractivity contribution in [3.63, 3.8) is 0 Å². The maximum absolute atomic E-state index is 13.1. The molecule has 0 aromatic heterocycles. The summed E-state index contributed by atoms with van der Waals surface area (Å²) in [7, 11) is 1.74. The van der Waals surface area contributed by atoms with Gasteiger partial charge in [-0.05, 0) is 35.8 Å². The lowest BCUT2D eigenvalue weighted by Crippen LogP contribution is -2.23. The van der Waals surface area contributed by atoms with Gasteiger partial charge in [0.25, 0.3) is 0 Å². The summed E-state index contributed by atoms with van der Waals surface area (Å²) >= 11 is 0. The summed E-state index contributed by atoms with van der Waals surface area (Å²) in [6, 6.07) is 4.18. The van der Waals surface area contributed by atoms with Crippen LogP contribution in [0.25, 0.3) is 0 Å². The highest BCUT2D eigenvalue weighted by atomic mass is 16.5. The fraction of sp³-hybridized carbons (Fsp3) is 0.682. The Morgan fingerprint density at radius 1 is 0.917 bits per heavy atom. The van der Waals surface area contributed by atoms with Crippen molar-refractivity contribution in [1.82, 2.24) is 0 Å². The van der Waals surface area contributed by atoms with Crippen LogP contribution < -0.4 is 4.74 Å². The molecule has 0 atom stereocenters. The zero-order valence-corrected chi connectivity index (χ0v) is 16.6. The van der Waals surface area contributed by atoms with Crippen LogP contribution in [0.1, 0.15) is 95.1 Å². The van der Waals surface area contributed by atoms with E-state index in [1.807, 2.05) is 0 Å². The molecule has 1 fully saturated rings. The molecule has 1 aromatic rings. The summed E-state index contributed by atoms with van der Waals surface area (Å²) < 4.78 is 5.80. The number of Topliss-reactive ketones (excluding diaryl/α,β-unsaturated/α-hetero) is 1. The SMILES string of the molecule is COc1c(C(C)(C)C)cc(C(=O)C2CCCCC2)cc1C(C)(C)C. The van der Waals surface area contributed by atoms with Crippen molar-refractivity contribution in [3.05, 3.63) is 28.8 Å². The Labute approximate surface area is 148 Å². The molecule has 2 nitrogen and oxygen atoms in total. The first-order chi connectivity index (χ1) is 11.1. The third-order valence-corrected chi connectivity index (χ3v) is 5.17. The Kier molecular flexibility index (Phi) is 5.47. The van der Waals surface area contributed by atoms with Crippen LogP contribution in [0.4, 0.5) is 0 Å². The van der Waals surface area contributed by atoms with Gasteiger partial charge >= 0.3 is 0 Å². The molecule has 0 spiro atoms. The minimum atomic E-state index is -0.0613. The van der Waals surface area contributed by atoms with Gasteiger partial charge in [0, 0.05) is 22.6 Å². The first-order valence-corrected chi connectivity index (χ1v) is 9.33. The molecule has 0 radical (unpaired) electrons. The van der Waals surface area contributed by atoms with Gasteiger partial charge < -0.3 is 4.74 Å². The van der Waals surface area contributed by atoms with E-state index in [0.29, 0.717) is 5.78 Å². The van der Waals surface area contributed by atoms with Gasteiger partial charge in [0.05, 0.1) is 7.11 Å². The van der Waals surface area contributed by atoms with Crippen molar-refractivity contribution < 1.29 is 9.53 Å². The molecule has 0 saturated heterocycles. The van der Waals surface area contributed by atoms with Crippen LogP contribution in [0.3, 0.4) is 0 Å².